The van der Waals surface area contributed by atoms with Gasteiger partial charge in [-0.1, -0.05) is 45.1 Å². The lowest BCUT2D eigenvalue weighted by Crippen LogP contribution is -2.43. The SMILES string of the molecule is CCCCCCCC/C=C/C1NC=CN1C(C)N. The Morgan fingerprint density at radius 3 is 2.72 bits per heavy atom. The highest BCUT2D eigenvalue weighted by Gasteiger charge is 2.17. The molecule has 0 aromatic carbocycles. The van der Waals surface area contributed by atoms with Gasteiger partial charge in [0.25, 0.3) is 0 Å². The molecule has 0 aromatic heterocycles. The van der Waals surface area contributed by atoms with Crippen molar-refractivity contribution in [1.29, 1.82) is 0 Å². The van der Waals surface area contributed by atoms with Crippen LogP contribution in [0.1, 0.15) is 58.8 Å². The molecule has 0 fully saturated rings. The standard InChI is InChI=1S/C15H29N3/c1-3-4-5-6-7-8-9-10-11-15-17-12-13-18(15)14(2)16/h10-15,17H,3-9,16H2,1-2H3/b11-10+. The highest BCUT2D eigenvalue weighted by atomic mass is 15.3. The molecule has 3 heteroatoms. The van der Waals surface area contributed by atoms with Gasteiger partial charge in [-0.25, -0.2) is 0 Å². The van der Waals surface area contributed by atoms with Crippen molar-refractivity contribution in [1.82, 2.24) is 10.2 Å². The van der Waals surface area contributed by atoms with Crippen molar-refractivity contribution < 1.29 is 0 Å². The van der Waals surface area contributed by atoms with Crippen LogP contribution in [-0.2, 0) is 0 Å². The number of nitrogens with zero attached hydrogens (tertiary/aromatic N) is 1. The molecule has 0 spiro atoms. The Morgan fingerprint density at radius 1 is 1.28 bits per heavy atom. The fourth-order valence-corrected chi connectivity index (χ4v) is 2.22. The minimum Gasteiger partial charge on any atom is -0.367 e. The molecule has 0 bridgehead atoms. The lowest BCUT2D eigenvalue weighted by Gasteiger charge is -2.26. The van der Waals surface area contributed by atoms with E-state index in [1.807, 2.05) is 19.3 Å². The van der Waals surface area contributed by atoms with E-state index in [2.05, 4.69) is 29.3 Å². The quantitative estimate of drug-likeness (QED) is 0.488. The molecule has 0 saturated carbocycles. The highest BCUT2D eigenvalue weighted by Crippen LogP contribution is 2.10. The summed E-state index contributed by atoms with van der Waals surface area (Å²) in [5.74, 6) is 0. The zero-order chi connectivity index (χ0) is 13.2. The Labute approximate surface area is 112 Å². The molecule has 0 radical (unpaired) electrons. The maximum Gasteiger partial charge on any atom is 0.119 e. The molecule has 2 atom stereocenters. The third-order valence-electron chi connectivity index (χ3n) is 3.35. The van der Waals surface area contributed by atoms with Crippen molar-refractivity contribution in [2.75, 3.05) is 0 Å². The number of hydrogen-bond acceptors (Lipinski definition) is 3. The second kappa shape index (κ2) is 9.03. The van der Waals surface area contributed by atoms with E-state index in [0.717, 1.165) is 0 Å². The van der Waals surface area contributed by atoms with Gasteiger partial charge in [0.15, 0.2) is 0 Å². The van der Waals surface area contributed by atoms with Gasteiger partial charge in [-0.3, -0.25) is 0 Å². The summed E-state index contributed by atoms with van der Waals surface area (Å²) in [5.41, 5.74) is 5.89. The molecule has 18 heavy (non-hydrogen) atoms. The van der Waals surface area contributed by atoms with Crippen molar-refractivity contribution in [2.45, 2.75) is 71.1 Å². The number of hydrogen-bond donors (Lipinski definition) is 2. The Hall–Kier alpha value is -0.960. The van der Waals surface area contributed by atoms with E-state index >= 15 is 0 Å². The maximum atomic E-state index is 5.89. The Kier molecular flexibility index (Phi) is 7.58. The third kappa shape index (κ3) is 5.58. The number of rotatable bonds is 9. The summed E-state index contributed by atoms with van der Waals surface area (Å²) < 4.78 is 0. The first-order valence-electron chi connectivity index (χ1n) is 7.38. The third-order valence-corrected chi connectivity index (χ3v) is 3.35. The molecule has 1 heterocycles. The summed E-state index contributed by atoms with van der Waals surface area (Å²) in [7, 11) is 0. The lowest BCUT2D eigenvalue weighted by atomic mass is 10.1. The normalized spacial score (nSPS) is 20.6. The van der Waals surface area contributed by atoms with Gasteiger partial charge in [-0.05, 0) is 25.8 Å². The first-order chi connectivity index (χ1) is 8.75. The molecule has 0 aliphatic carbocycles. The first kappa shape index (κ1) is 15.1. The lowest BCUT2D eigenvalue weighted by molar-refractivity contribution is 0.259. The second-order valence-electron chi connectivity index (χ2n) is 5.10. The van der Waals surface area contributed by atoms with Crippen molar-refractivity contribution in [3.63, 3.8) is 0 Å². The number of unbranched alkanes of at least 4 members (excludes halogenated alkanes) is 6. The highest BCUT2D eigenvalue weighted by molar-refractivity contribution is 5.05. The molecule has 0 amide bonds. The topological polar surface area (TPSA) is 41.3 Å². The summed E-state index contributed by atoms with van der Waals surface area (Å²) in [6.45, 7) is 4.27. The van der Waals surface area contributed by atoms with Gasteiger partial charge in [-0.15, -0.1) is 0 Å². The summed E-state index contributed by atoms with van der Waals surface area (Å²) in [6, 6.07) is 0. The number of nitrogens with two attached hydrogens (primary N) is 1. The molecule has 3 N–H and O–H groups in total. The van der Waals surface area contributed by atoms with Gasteiger partial charge in [0, 0.05) is 12.4 Å². The maximum absolute atomic E-state index is 5.89. The van der Waals surface area contributed by atoms with Crippen LogP contribution in [0.2, 0.25) is 0 Å². The van der Waals surface area contributed by atoms with Crippen LogP contribution in [0.25, 0.3) is 0 Å². The average Bonchev–Trinajstić information content (AvgIpc) is 2.81. The summed E-state index contributed by atoms with van der Waals surface area (Å²) >= 11 is 0. The van der Waals surface area contributed by atoms with E-state index in [1.165, 1.54) is 44.9 Å². The van der Waals surface area contributed by atoms with Crippen LogP contribution in [0.4, 0.5) is 0 Å². The molecule has 0 aromatic rings. The van der Waals surface area contributed by atoms with Gasteiger partial charge in [0.2, 0.25) is 0 Å². The van der Waals surface area contributed by atoms with E-state index in [0.29, 0.717) is 0 Å². The average molecular weight is 251 g/mol. The van der Waals surface area contributed by atoms with E-state index in [1.54, 1.807) is 0 Å². The zero-order valence-corrected chi connectivity index (χ0v) is 11.9. The Bertz CT molecular complexity index is 258. The van der Waals surface area contributed by atoms with Crippen LogP contribution >= 0.6 is 0 Å². The molecule has 2 unspecified atom stereocenters. The zero-order valence-electron chi connectivity index (χ0n) is 11.9. The van der Waals surface area contributed by atoms with Crippen molar-refractivity contribution in [3.05, 3.63) is 24.6 Å². The van der Waals surface area contributed by atoms with Crippen LogP contribution in [-0.4, -0.2) is 17.2 Å². The fourth-order valence-electron chi connectivity index (χ4n) is 2.22. The molecule has 1 aliphatic rings. The molecule has 1 rings (SSSR count). The summed E-state index contributed by atoms with van der Waals surface area (Å²) in [6.07, 6.45) is 18.1. The van der Waals surface area contributed by atoms with Crippen LogP contribution in [0, 0.1) is 0 Å². The minimum absolute atomic E-state index is 0.0555. The second-order valence-corrected chi connectivity index (χ2v) is 5.10. The summed E-state index contributed by atoms with van der Waals surface area (Å²) in [4.78, 5) is 2.12. The van der Waals surface area contributed by atoms with Gasteiger partial charge >= 0.3 is 0 Å². The molecule has 1 aliphatic heterocycles. The Morgan fingerprint density at radius 2 is 2.00 bits per heavy atom. The molecular weight excluding hydrogens is 222 g/mol. The van der Waals surface area contributed by atoms with Crippen LogP contribution in [0.5, 0.6) is 0 Å². The Balaban J connectivity index is 2.06. The monoisotopic (exact) mass is 251 g/mol. The van der Waals surface area contributed by atoms with Crippen molar-refractivity contribution in [3.8, 4) is 0 Å². The van der Waals surface area contributed by atoms with Crippen LogP contribution < -0.4 is 11.1 Å². The molecule has 104 valence electrons. The fraction of sp³-hybridized carbons (Fsp3) is 0.733. The van der Waals surface area contributed by atoms with Gasteiger partial charge in [0.05, 0.1) is 6.17 Å². The van der Waals surface area contributed by atoms with Crippen molar-refractivity contribution >= 4 is 0 Å². The van der Waals surface area contributed by atoms with Crippen LogP contribution in [0.15, 0.2) is 24.6 Å². The number of nitrogens with one attached hydrogen (secondary N) is 1. The van der Waals surface area contributed by atoms with Gasteiger partial charge < -0.3 is 16.0 Å². The predicted molar refractivity (Wildman–Crippen MR) is 78.7 cm³/mol. The van der Waals surface area contributed by atoms with E-state index in [4.69, 9.17) is 5.73 Å². The largest absolute Gasteiger partial charge is 0.367 e. The van der Waals surface area contributed by atoms with E-state index in [-0.39, 0.29) is 12.3 Å². The van der Waals surface area contributed by atoms with Gasteiger partial charge in [-0.2, -0.15) is 0 Å². The minimum atomic E-state index is 0.0555. The van der Waals surface area contributed by atoms with E-state index < -0.39 is 0 Å². The molecule has 3 nitrogen and oxygen atoms in total. The first-order valence-corrected chi connectivity index (χ1v) is 7.38. The number of allylic oxidation sites excluding steroid dienone is 1. The van der Waals surface area contributed by atoms with Crippen LogP contribution in [0.3, 0.4) is 0 Å². The predicted octanol–water partition coefficient (Wildman–Crippen LogP) is 3.30. The van der Waals surface area contributed by atoms with E-state index in [9.17, 15) is 0 Å². The van der Waals surface area contributed by atoms with Crippen molar-refractivity contribution in [2.24, 2.45) is 5.73 Å². The van der Waals surface area contributed by atoms with Gasteiger partial charge in [0.1, 0.15) is 6.17 Å². The smallest absolute Gasteiger partial charge is 0.119 e. The molecular formula is C15H29N3. The molecule has 0 saturated heterocycles. The summed E-state index contributed by atoms with van der Waals surface area (Å²) in [5, 5.41) is 3.29.